The van der Waals surface area contributed by atoms with Gasteiger partial charge < -0.3 is 15.3 Å². The Bertz CT molecular complexity index is 255. The molecule has 4 heteroatoms. The molecule has 0 spiro atoms. The average molecular weight is 316 g/mol. The van der Waals surface area contributed by atoms with Crippen molar-refractivity contribution < 1.29 is 20.1 Å². The molecule has 0 radical (unpaired) electrons. The second kappa shape index (κ2) is 15.3. The minimum absolute atomic E-state index is 0.179. The summed E-state index contributed by atoms with van der Waals surface area (Å²) in [5.74, 6) is -0.381. The Labute approximate surface area is 135 Å². The molecule has 22 heavy (non-hydrogen) atoms. The fourth-order valence-corrected chi connectivity index (χ4v) is 2.81. The third kappa shape index (κ3) is 14.3. The first-order chi connectivity index (χ1) is 10.6. The molecule has 0 aliphatic carbocycles. The summed E-state index contributed by atoms with van der Waals surface area (Å²) in [5.41, 5.74) is 0. The molecule has 0 heterocycles. The van der Waals surface area contributed by atoms with Crippen LogP contribution < -0.4 is 0 Å². The van der Waals surface area contributed by atoms with Gasteiger partial charge in [-0.15, -0.1) is 0 Å². The normalized spacial score (nSPS) is 14.0. The SMILES string of the molecule is CCCCC[C@@H](O)CCC[C@H](CO)CCCCCCC(=O)O. The molecule has 0 unspecified atom stereocenters. The molecule has 132 valence electrons. The topological polar surface area (TPSA) is 77.8 Å². The van der Waals surface area contributed by atoms with Crippen molar-refractivity contribution in [3.8, 4) is 0 Å². The molecule has 0 aromatic heterocycles. The first-order valence-corrected chi connectivity index (χ1v) is 9.10. The Hall–Kier alpha value is -0.610. The molecule has 3 N–H and O–H groups in total. The van der Waals surface area contributed by atoms with Gasteiger partial charge in [-0.2, -0.15) is 0 Å². The summed E-state index contributed by atoms with van der Waals surface area (Å²) in [5, 5.41) is 27.8. The van der Waals surface area contributed by atoms with Gasteiger partial charge in [0.15, 0.2) is 0 Å². The van der Waals surface area contributed by atoms with Gasteiger partial charge in [0.05, 0.1) is 6.10 Å². The van der Waals surface area contributed by atoms with E-state index < -0.39 is 5.97 Å². The van der Waals surface area contributed by atoms with Gasteiger partial charge >= 0.3 is 5.97 Å². The minimum atomic E-state index is -0.717. The Morgan fingerprint density at radius 3 is 2.09 bits per heavy atom. The Morgan fingerprint density at radius 1 is 0.864 bits per heavy atom. The van der Waals surface area contributed by atoms with Gasteiger partial charge in [-0.1, -0.05) is 51.9 Å². The second-order valence-electron chi connectivity index (χ2n) is 6.48. The monoisotopic (exact) mass is 316 g/mol. The number of carboxylic acid groups (broad SMARTS) is 1. The summed E-state index contributed by atoms with van der Waals surface area (Å²) in [6.07, 6.45) is 12.1. The number of hydrogen-bond donors (Lipinski definition) is 3. The number of carboxylic acids is 1. The highest BCUT2D eigenvalue weighted by atomic mass is 16.4. The third-order valence-corrected chi connectivity index (χ3v) is 4.30. The highest BCUT2D eigenvalue weighted by Gasteiger charge is 2.09. The van der Waals surface area contributed by atoms with Gasteiger partial charge in [0.2, 0.25) is 0 Å². The lowest BCUT2D eigenvalue weighted by Gasteiger charge is -2.15. The van der Waals surface area contributed by atoms with Gasteiger partial charge in [0.1, 0.15) is 0 Å². The van der Waals surface area contributed by atoms with Crippen LogP contribution in [-0.4, -0.2) is 34.0 Å². The Morgan fingerprint density at radius 2 is 1.45 bits per heavy atom. The smallest absolute Gasteiger partial charge is 0.303 e. The number of aliphatic hydroxyl groups is 2. The molecule has 0 fully saturated rings. The van der Waals surface area contributed by atoms with Crippen molar-refractivity contribution in [2.24, 2.45) is 5.92 Å². The fourth-order valence-electron chi connectivity index (χ4n) is 2.81. The molecule has 0 bridgehead atoms. The fraction of sp³-hybridized carbons (Fsp3) is 0.944. The number of aliphatic hydroxyl groups excluding tert-OH is 2. The van der Waals surface area contributed by atoms with Crippen LogP contribution in [0.25, 0.3) is 0 Å². The van der Waals surface area contributed by atoms with Crippen molar-refractivity contribution >= 4 is 5.97 Å². The van der Waals surface area contributed by atoms with E-state index >= 15 is 0 Å². The maximum Gasteiger partial charge on any atom is 0.303 e. The molecule has 0 aliphatic rings. The van der Waals surface area contributed by atoms with E-state index in [2.05, 4.69) is 6.92 Å². The summed E-state index contributed by atoms with van der Waals surface area (Å²) < 4.78 is 0. The number of hydrogen-bond acceptors (Lipinski definition) is 3. The van der Waals surface area contributed by atoms with E-state index in [4.69, 9.17) is 5.11 Å². The molecular formula is C18H36O4. The van der Waals surface area contributed by atoms with Crippen LogP contribution in [0.5, 0.6) is 0 Å². The van der Waals surface area contributed by atoms with Crippen LogP contribution in [0.2, 0.25) is 0 Å². The van der Waals surface area contributed by atoms with Crippen molar-refractivity contribution in [2.75, 3.05) is 6.61 Å². The molecule has 0 aromatic rings. The van der Waals surface area contributed by atoms with Crippen LogP contribution in [-0.2, 0) is 4.79 Å². The largest absolute Gasteiger partial charge is 0.481 e. The predicted molar refractivity (Wildman–Crippen MR) is 89.9 cm³/mol. The van der Waals surface area contributed by atoms with Crippen LogP contribution in [0, 0.1) is 5.92 Å². The van der Waals surface area contributed by atoms with Crippen molar-refractivity contribution in [3.05, 3.63) is 0 Å². The predicted octanol–water partition coefficient (Wildman–Crippen LogP) is 4.13. The first kappa shape index (κ1) is 21.4. The molecule has 0 amide bonds. The highest BCUT2D eigenvalue weighted by molar-refractivity contribution is 5.66. The van der Waals surface area contributed by atoms with E-state index in [9.17, 15) is 15.0 Å². The quantitative estimate of drug-likeness (QED) is 0.374. The average Bonchev–Trinajstić information content (AvgIpc) is 2.48. The summed E-state index contributed by atoms with van der Waals surface area (Å²) in [6, 6.07) is 0. The maximum atomic E-state index is 10.4. The Kier molecular flexibility index (Phi) is 14.9. The van der Waals surface area contributed by atoms with Crippen LogP contribution in [0.4, 0.5) is 0 Å². The number of unbranched alkanes of at least 4 members (excludes halogenated alkanes) is 5. The molecule has 0 aromatic carbocycles. The highest BCUT2D eigenvalue weighted by Crippen LogP contribution is 2.19. The van der Waals surface area contributed by atoms with Gasteiger partial charge in [-0.25, -0.2) is 0 Å². The lowest BCUT2D eigenvalue weighted by molar-refractivity contribution is -0.137. The van der Waals surface area contributed by atoms with Crippen molar-refractivity contribution in [3.63, 3.8) is 0 Å². The lowest BCUT2D eigenvalue weighted by atomic mass is 9.94. The summed E-state index contributed by atoms with van der Waals surface area (Å²) in [4.78, 5) is 10.4. The molecule has 4 nitrogen and oxygen atoms in total. The maximum absolute atomic E-state index is 10.4. The van der Waals surface area contributed by atoms with Gasteiger partial charge in [-0.3, -0.25) is 4.79 Å². The van der Waals surface area contributed by atoms with Crippen LogP contribution >= 0.6 is 0 Å². The van der Waals surface area contributed by atoms with E-state index in [0.29, 0.717) is 5.92 Å². The Balaban J connectivity index is 3.51. The third-order valence-electron chi connectivity index (χ3n) is 4.30. The van der Waals surface area contributed by atoms with Gasteiger partial charge in [0.25, 0.3) is 0 Å². The van der Waals surface area contributed by atoms with Crippen molar-refractivity contribution in [2.45, 2.75) is 96.5 Å². The minimum Gasteiger partial charge on any atom is -0.481 e. The van der Waals surface area contributed by atoms with Gasteiger partial charge in [-0.05, 0) is 38.0 Å². The van der Waals surface area contributed by atoms with E-state index in [-0.39, 0.29) is 19.1 Å². The molecule has 0 aliphatic heterocycles. The van der Waals surface area contributed by atoms with Crippen LogP contribution in [0.1, 0.15) is 90.4 Å². The standard InChI is InChI=1S/C18H36O4/c1-2-3-6-12-17(20)13-9-11-16(15-19)10-7-4-5-8-14-18(21)22/h16-17,19-20H,2-15H2,1H3,(H,21,22)/t16-,17-/m1/s1. The summed E-state index contributed by atoms with van der Waals surface area (Å²) in [6.45, 7) is 2.39. The molecule has 0 saturated carbocycles. The van der Waals surface area contributed by atoms with E-state index in [1.807, 2.05) is 0 Å². The summed E-state index contributed by atoms with van der Waals surface area (Å²) >= 11 is 0. The van der Waals surface area contributed by atoms with E-state index in [0.717, 1.165) is 64.2 Å². The first-order valence-electron chi connectivity index (χ1n) is 9.10. The van der Waals surface area contributed by atoms with E-state index in [1.54, 1.807) is 0 Å². The molecular weight excluding hydrogens is 280 g/mol. The van der Waals surface area contributed by atoms with Gasteiger partial charge in [0, 0.05) is 13.0 Å². The van der Waals surface area contributed by atoms with Crippen LogP contribution in [0.3, 0.4) is 0 Å². The number of carbonyl (C=O) groups is 1. The molecule has 0 saturated heterocycles. The number of aliphatic carboxylic acids is 1. The lowest BCUT2D eigenvalue weighted by Crippen LogP contribution is -2.10. The van der Waals surface area contributed by atoms with Crippen molar-refractivity contribution in [1.29, 1.82) is 0 Å². The van der Waals surface area contributed by atoms with Crippen LogP contribution in [0.15, 0.2) is 0 Å². The second-order valence-corrected chi connectivity index (χ2v) is 6.48. The van der Waals surface area contributed by atoms with E-state index in [1.165, 1.54) is 12.8 Å². The molecule has 2 atom stereocenters. The number of rotatable bonds is 16. The van der Waals surface area contributed by atoms with Crippen molar-refractivity contribution in [1.82, 2.24) is 0 Å². The summed E-state index contributed by atoms with van der Waals surface area (Å²) in [7, 11) is 0. The zero-order chi connectivity index (χ0) is 16.6. The zero-order valence-electron chi connectivity index (χ0n) is 14.3. The molecule has 0 rings (SSSR count). The zero-order valence-corrected chi connectivity index (χ0v) is 14.3.